The van der Waals surface area contributed by atoms with Gasteiger partial charge in [0.1, 0.15) is 12.8 Å². The first-order valence-corrected chi connectivity index (χ1v) is 7.15. The molecule has 0 aromatic carbocycles. The molecule has 0 heterocycles. The molecular weight excluding hydrogens is 336 g/mol. The number of amides is 4. The van der Waals surface area contributed by atoms with Crippen molar-refractivity contribution in [2.75, 3.05) is 33.2 Å². The number of carboxylic acid groups (broad SMARTS) is 1. The molecular formula is C14H20N4O7. The predicted octanol–water partition coefficient (Wildman–Crippen LogP) is -2.98. The minimum atomic E-state index is -1.21. The molecule has 11 heteroatoms. The molecule has 0 aromatic rings. The van der Waals surface area contributed by atoms with Crippen LogP contribution in [0.5, 0.6) is 0 Å². The van der Waals surface area contributed by atoms with Gasteiger partial charge in [-0.3, -0.25) is 28.8 Å². The van der Waals surface area contributed by atoms with E-state index in [0.717, 1.165) is 12.2 Å². The number of carboxylic acids is 1. The number of aliphatic carboxylic acids is 1. The third-order valence-corrected chi connectivity index (χ3v) is 2.70. The van der Waals surface area contributed by atoms with Crippen LogP contribution in [-0.4, -0.2) is 79.1 Å². The second kappa shape index (κ2) is 12.2. The van der Waals surface area contributed by atoms with Crippen LogP contribution >= 0.6 is 0 Å². The molecule has 4 amide bonds. The molecule has 0 aliphatic rings. The summed E-state index contributed by atoms with van der Waals surface area (Å²) < 4.78 is 0. The number of hydrogen-bond donors (Lipinski definition) is 4. The highest BCUT2D eigenvalue weighted by Gasteiger charge is 2.10. The summed E-state index contributed by atoms with van der Waals surface area (Å²) in [5.74, 6) is -3.44. The normalized spacial score (nSPS) is 9.96. The first-order chi connectivity index (χ1) is 11.8. The van der Waals surface area contributed by atoms with Crippen LogP contribution in [0.15, 0.2) is 12.2 Å². The Morgan fingerprint density at radius 2 is 1.44 bits per heavy atom. The maximum Gasteiger partial charge on any atom is 0.322 e. The molecule has 0 saturated heterocycles. The molecule has 0 aromatic heterocycles. The number of hydrogen-bond acceptors (Lipinski definition) is 6. The Morgan fingerprint density at radius 3 is 1.96 bits per heavy atom. The number of nitrogens with zero attached hydrogens (tertiary/aromatic N) is 1. The topological polar surface area (TPSA) is 162 Å². The lowest BCUT2D eigenvalue weighted by Crippen LogP contribution is -2.43. The van der Waals surface area contributed by atoms with Gasteiger partial charge in [0.05, 0.1) is 13.1 Å². The number of carbonyl (C=O) groups excluding carboxylic acids is 5. The molecule has 0 rings (SSSR count). The fourth-order valence-corrected chi connectivity index (χ4v) is 1.37. The summed E-state index contributed by atoms with van der Waals surface area (Å²) in [4.78, 5) is 67.1. The Labute approximate surface area is 143 Å². The number of allylic oxidation sites excluding steroid dienone is 1. The fraction of sp³-hybridized carbons (Fsp3) is 0.429. The van der Waals surface area contributed by atoms with Gasteiger partial charge in [0.2, 0.25) is 23.6 Å². The highest BCUT2D eigenvalue weighted by molar-refractivity contribution is 5.91. The van der Waals surface area contributed by atoms with Gasteiger partial charge in [0.25, 0.3) is 0 Å². The highest BCUT2D eigenvalue weighted by Crippen LogP contribution is 1.90. The first-order valence-electron chi connectivity index (χ1n) is 7.15. The Bertz CT molecular complexity index is 559. The van der Waals surface area contributed by atoms with E-state index in [2.05, 4.69) is 16.0 Å². The van der Waals surface area contributed by atoms with Gasteiger partial charge in [0, 0.05) is 26.1 Å². The highest BCUT2D eigenvalue weighted by atomic mass is 16.4. The molecule has 0 unspecified atom stereocenters. The van der Waals surface area contributed by atoms with Crippen molar-refractivity contribution >= 4 is 35.9 Å². The van der Waals surface area contributed by atoms with Crippen LogP contribution in [-0.2, 0) is 28.8 Å². The summed E-state index contributed by atoms with van der Waals surface area (Å²) in [5, 5.41) is 14.9. The van der Waals surface area contributed by atoms with Gasteiger partial charge >= 0.3 is 5.97 Å². The fourth-order valence-electron chi connectivity index (χ4n) is 1.37. The minimum absolute atomic E-state index is 0.0520. The van der Waals surface area contributed by atoms with Crippen LogP contribution in [0.2, 0.25) is 0 Å². The summed E-state index contributed by atoms with van der Waals surface area (Å²) in [7, 11) is 1.45. The Balaban J connectivity index is 3.94. The van der Waals surface area contributed by atoms with Gasteiger partial charge < -0.3 is 26.0 Å². The lowest BCUT2D eigenvalue weighted by Gasteiger charge is -2.14. The minimum Gasteiger partial charge on any atom is -0.480 e. The molecule has 0 atom stereocenters. The SMILES string of the molecule is CN(CCC(=O)NCC(=O)NCC(=O)NCC(=O)O)C(=O)/C=C\C=O. The number of nitrogens with one attached hydrogen (secondary N) is 3. The average molecular weight is 356 g/mol. The summed E-state index contributed by atoms with van der Waals surface area (Å²) >= 11 is 0. The van der Waals surface area contributed by atoms with Crippen molar-refractivity contribution in [2.45, 2.75) is 6.42 Å². The Morgan fingerprint density at radius 1 is 0.920 bits per heavy atom. The van der Waals surface area contributed by atoms with E-state index in [9.17, 15) is 28.8 Å². The lowest BCUT2D eigenvalue weighted by atomic mass is 10.3. The molecule has 0 spiro atoms. The molecule has 4 N–H and O–H groups in total. The van der Waals surface area contributed by atoms with E-state index in [1.54, 1.807) is 0 Å². The van der Waals surface area contributed by atoms with E-state index in [-0.39, 0.29) is 19.5 Å². The van der Waals surface area contributed by atoms with Crippen molar-refractivity contribution < 1.29 is 33.9 Å². The van der Waals surface area contributed by atoms with Gasteiger partial charge in [-0.2, -0.15) is 0 Å². The molecule has 0 fully saturated rings. The molecule has 0 aliphatic carbocycles. The van der Waals surface area contributed by atoms with E-state index in [4.69, 9.17) is 5.11 Å². The van der Waals surface area contributed by atoms with Gasteiger partial charge in [-0.1, -0.05) is 0 Å². The van der Waals surface area contributed by atoms with Crippen molar-refractivity contribution in [1.82, 2.24) is 20.9 Å². The van der Waals surface area contributed by atoms with Crippen molar-refractivity contribution in [3.63, 3.8) is 0 Å². The number of likely N-dealkylation sites (N-methyl/N-ethyl adjacent to an activating group) is 1. The van der Waals surface area contributed by atoms with Gasteiger partial charge in [0.15, 0.2) is 0 Å². The molecule has 0 radical (unpaired) electrons. The largest absolute Gasteiger partial charge is 0.480 e. The third kappa shape index (κ3) is 11.9. The second-order valence-electron chi connectivity index (χ2n) is 4.73. The Hall–Kier alpha value is -3.24. The average Bonchev–Trinajstić information content (AvgIpc) is 2.58. The molecule has 11 nitrogen and oxygen atoms in total. The van der Waals surface area contributed by atoms with E-state index >= 15 is 0 Å². The molecule has 0 saturated carbocycles. The van der Waals surface area contributed by atoms with E-state index in [1.807, 2.05) is 0 Å². The van der Waals surface area contributed by atoms with Crippen LogP contribution in [0, 0.1) is 0 Å². The molecule has 0 aliphatic heterocycles. The van der Waals surface area contributed by atoms with Crippen LogP contribution in [0.1, 0.15) is 6.42 Å². The van der Waals surface area contributed by atoms with Gasteiger partial charge in [-0.25, -0.2) is 0 Å². The maximum atomic E-state index is 11.6. The van der Waals surface area contributed by atoms with Crippen LogP contribution in [0.25, 0.3) is 0 Å². The van der Waals surface area contributed by atoms with Crippen molar-refractivity contribution in [3.8, 4) is 0 Å². The standard InChI is InChI=1S/C14H20N4O7/c1-18(13(23)3-2-6-19)5-4-10(20)15-7-11(21)16-8-12(22)17-9-14(24)25/h2-3,6H,4-5,7-9H2,1H3,(H,15,20)(H,16,21)(H,17,22)(H,24,25)/b3-2-. The number of carbonyl (C=O) groups is 6. The summed E-state index contributed by atoms with van der Waals surface area (Å²) in [6.45, 7) is -1.25. The van der Waals surface area contributed by atoms with E-state index < -0.39 is 42.7 Å². The first kappa shape index (κ1) is 21.8. The monoisotopic (exact) mass is 356 g/mol. The third-order valence-electron chi connectivity index (χ3n) is 2.70. The molecule has 25 heavy (non-hydrogen) atoms. The summed E-state index contributed by atoms with van der Waals surface area (Å²) in [5.41, 5.74) is 0. The quantitative estimate of drug-likeness (QED) is 0.227. The number of aldehydes is 1. The number of rotatable bonds is 11. The van der Waals surface area contributed by atoms with Crippen molar-refractivity contribution in [2.24, 2.45) is 0 Å². The molecule has 138 valence electrons. The molecule has 0 bridgehead atoms. The predicted molar refractivity (Wildman–Crippen MR) is 84.1 cm³/mol. The smallest absolute Gasteiger partial charge is 0.322 e. The second-order valence-corrected chi connectivity index (χ2v) is 4.73. The van der Waals surface area contributed by atoms with Crippen molar-refractivity contribution in [1.29, 1.82) is 0 Å². The zero-order chi connectivity index (χ0) is 19.2. The van der Waals surface area contributed by atoms with Crippen molar-refractivity contribution in [3.05, 3.63) is 12.2 Å². The summed E-state index contributed by atoms with van der Waals surface area (Å²) in [6, 6.07) is 0. The zero-order valence-corrected chi connectivity index (χ0v) is 13.6. The van der Waals surface area contributed by atoms with E-state index in [1.165, 1.54) is 11.9 Å². The van der Waals surface area contributed by atoms with Gasteiger partial charge in [-0.05, 0) is 6.08 Å². The summed E-state index contributed by atoms with van der Waals surface area (Å²) in [6.07, 6.45) is 2.51. The lowest BCUT2D eigenvalue weighted by molar-refractivity contribution is -0.138. The van der Waals surface area contributed by atoms with Crippen LogP contribution in [0.4, 0.5) is 0 Å². The van der Waals surface area contributed by atoms with Crippen LogP contribution < -0.4 is 16.0 Å². The Kier molecular flexibility index (Phi) is 10.6. The maximum absolute atomic E-state index is 11.6. The zero-order valence-electron chi connectivity index (χ0n) is 13.6. The van der Waals surface area contributed by atoms with Crippen LogP contribution in [0.3, 0.4) is 0 Å². The van der Waals surface area contributed by atoms with E-state index in [0.29, 0.717) is 6.29 Å². The van der Waals surface area contributed by atoms with Gasteiger partial charge in [-0.15, -0.1) is 0 Å².